The van der Waals surface area contributed by atoms with E-state index in [9.17, 15) is 9.59 Å². The molecule has 0 amide bonds. The first-order chi connectivity index (χ1) is 14.4. The molecule has 1 aromatic heterocycles. The maximum Gasteiger partial charge on any atom is 0.365 e. The van der Waals surface area contributed by atoms with E-state index >= 15 is 0 Å². The van der Waals surface area contributed by atoms with Crippen LogP contribution in [0.4, 0.5) is 0 Å². The number of ether oxygens (including phenoxy) is 1. The molecule has 2 aromatic carbocycles. The Labute approximate surface area is 176 Å². The Balaban J connectivity index is 1.79. The summed E-state index contributed by atoms with van der Waals surface area (Å²) in [6.45, 7) is 7.62. The van der Waals surface area contributed by atoms with Crippen LogP contribution >= 0.6 is 0 Å². The van der Waals surface area contributed by atoms with Crippen LogP contribution in [0.5, 0.6) is 0 Å². The molecule has 1 aliphatic rings. The van der Waals surface area contributed by atoms with Crippen molar-refractivity contribution in [2.24, 2.45) is 0 Å². The molecule has 0 radical (unpaired) electrons. The topological polar surface area (TPSA) is 61.0 Å². The van der Waals surface area contributed by atoms with E-state index in [4.69, 9.17) is 9.15 Å². The first kappa shape index (κ1) is 20.4. The molecule has 0 bridgehead atoms. The Kier molecular flexibility index (Phi) is 5.48. The van der Waals surface area contributed by atoms with Gasteiger partial charge in [-0.05, 0) is 41.7 Å². The summed E-state index contributed by atoms with van der Waals surface area (Å²) in [5, 5.41) is 0.943. The van der Waals surface area contributed by atoms with Crippen LogP contribution in [0.25, 0.3) is 11.0 Å². The summed E-state index contributed by atoms with van der Waals surface area (Å²) in [7, 11) is 1.44. The highest BCUT2D eigenvalue weighted by Gasteiger charge is 2.36. The molecule has 4 rings (SSSR count). The van der Waals surface area contributed by atoms with Gasteiger partial charge in [-0.2, -0.15) is 0 Å². The van der Waals surface area contributed by atoms with Crippen molar-refractivity contribution in [3.8, 4) is 0 Å². The summed E-state index contributed by atoms with van der Waals surface area (Å²) in [5.41, 5.74) is 5.92. The molecule has 5 nitrogen and oxygen atoms in total. The van der Waals surface area contributed by atoms with Crippen LogP contribution < -0.4 is 10.5 Å². The third kappa shape index (κ3) is 3.77. The molecule has 0 fully saturated rings. The minimum atomic E-state index is -0.361. The zero-order chi connectivity index (χ0) is 21.4. The van der Waals surface area contributed by atoms with Crippen LogP contribution in [-0.4, -0.2) is 19.1 Å². The number of hydrogen-bond donors (Lipinski definition) is 1. The van der Waals surface area contributed by atoms with E-state index < -0.39 is 0 Å². The molecule has 1 aliphatic heterocycles. The lowest BCUT2D eigenvalue weighted by molar-refractivity contribution is -0.945. The van der Waals surface area contributed by atoms with Gasteiger partial charge in [-0.1, -0.05) is 38.1 Å². The highest BCUT2D eigenvalue weighted by molar-refractivity contribution is 5.82. The Morgan fingerprint density at radius 2 is 1.93 bits per heavy atom. The first-order valence-electron chi connectivity index (χ1n) is 10.4. The maximum absolute atomic E-state index is 12.6. The van der Waals surface area contributed by atoms with Gasteiger partial charge in [0.05, 0.1) is 7.11 Å². The molecular weight excluding hydrogens is 378 g/mol. The van der Waals surface area contributed by atoms with Crippen molar-refractivity contribution in [3.63, 3.8) is 0 Å². The van der Waals surface area contributed by atoms with Crippen LogP contribution in [-0.2, 0) is 29.0 Å². The van der Waals surface area contributed by atoms with Gasteiger partial charge in [0, 0.05) is 29.0 Å². The van der Waals surface area contributed by atoms with E-state index in [1.165, 1.54) is 23.8 Å². The van der Waals surface area contributed by atoms with Gasteiger partial charge in [-0.3, -0.25) is 0 Å². The number of fused-ring (bicyclic) bond motifs is 2. The molecule has 30 heavy (non-hydrogen) atoms. The van der Waals surface area contributed by atoms with Crippen molar-refractivity contribution in [1.29, 1.82) is 0 Å². The SMILES string of the molecule is COC(=O)[C@H]1Cc2ccccc2C[NH+]1Cc1cc(=O)oc2cc(C)c(C(C)C)cc12. The lowest BCUT2D eigenvalue weighted by Gasteiger charge is -2.32. The Hall–Kier alpha value is -2.92. The van der Waals surface area contributed by atoms with Gasteiger partial charge in [0.1, 0.15) is 18.7 Å². The second-order valence-corrected chi connectivity index (χ2v) is 8.51. The monoisotopic (exact) mass is 406 g/mol. The van der Waals surface area contributed by atoms with Crippen molar-refractivity contribution in [1.82, 2.24) is 0 Å². The number of rotatable bonds is 4. The van der Waals surface area contributed by atoms with E-state index in [2.05, 4.69) is 32.0 Å². The Bertz CT molecular complexity index is 1160. The van der Waals surface area contributed by atoms with Gasteiger partial charge in [0.2, 0.25) is 0 Å². The third-order valence-electron chi connectivity index (χ3n) is 6.19. The van der Waals surface area contributed by atoms with Gasteiger partial charge in [0.15, 0.2) is 6.04 Å². The zero-order valence-corrected chi connectivity index (χ0v) is 18.0. The Morgan fingerprint density at radius 3 is 2.63 bits per heavy atom. The molecule has 3 aromatic rings. The maximum atomic E-state index is 12.6. The van der Waals surface area contributed by atoms with Gasteiger partial charge < -0.3 is 14.1 Å². The summed E-state index contributed by atoms with van der Waals surface area (Å²) in [6, 6.07) is 13.6. The van der Waals surface area contributed by atoms with Gasteiger partial charge >= 0.3 is 11.6 Å². The number of esters is 1. The van der Waals surface area contributed by atoms with Crippen LogP contribution in [0.1, 0.15) is 47.6 Å². The smallest absolute Gasteiger partial charge is 0.365 e. The third-order valence-corrected chi connectivity index (χ3v) is 6.19. The summed E-state index contributed by atoms with van der Waals surface area (Å²) in [6.07, 6.45) is 0.633. The van der Waals surface area contributed by atoms with Crippen LogP contribution in [0.15, 0.2) is 51.7 Å². The number of carbonyl (C=O) groups is 1. The highest BCUT2D eigenvalue weighted by Crippen LogP contribution is 2.27. The second-order valence-electron chi connectivity index (χ2n) is 8.51. The summed E-state index contributed by atoms with van der Waals surface area (Å²) in [4.78, 5) is 25.9. The van der Waals surface area contributed by atoms with Crippen LogP contribution in [0, 0.1) is 6.92 Å². The number of aryl methyl sites for hydroxylation is 1. The lowest BCUT2D eigenvalue weighted by atomic mass is 9.92. The fraction of sp³-hybridized carbons (Fsp3) is 0.360. The predicted molar refractivity (Wildman–Crippen MR) is 116 cm³/mol. The molecule has 0 aliphatic carbocycles. The first-order valence-corrected chi connectivity index (χ1v) is 10.4. The predicted octanol–water partition coefficient (Wildman–Crippen LogP) is 2.91. The number of carbonyl (C=O) groups excluding carboxylic acids is 1. The number of hydrogen-bond acceptors (Lipinski definition) is 4. The molecule has 0 saturated heterocycles. The largest absolute Gasteiger partial charge is 0.465 e. The summed E-state index contributed by atoms with van der Waals surface area (Å²) >= 11 is 0. The average molecular weight is 407 g/mol. The highest BCUT2D eigenvalue weighted by atomic mass is 16.5. The van der Waals surface area contributed by atoms with E-state index in [1.54, 1.807) is 6.07 Å². The molecule has 156 valence electrons. The Morgan fingerprint density at radius 1 is 1.20 bits per heavy atom. The summed E-state index contributed by atoms with van der Waals surface area (Å²) < 4.78 is 10.6. The van der Waals surface area contributed by atoms with E-state index in [1.807, 2.05) is 25.1 Å². The molecule has 0 spiro atoms. The number of methoxy groups -OCH3 is 1. The van der Waals surface area contributed by atoms with Crippen molar-refractivity contribution >= 4 is 16.9 Å². The lowest BCUT2D eigenvalue weighted by Crippen LogP contribution is -3.15. The number of benzene rings is 2. The van der Waals surface area contributed by atoms with Crippen LogP contribution in [0.3, 0.4) is 0 Å². The molecule has 5 heteroatoms. The van der Waals surface area contributed by atoms with E-state index in [0.29, 0.717) is 31.0 Å². The standard InChI is InChI=1S/C25H27NO4/c1-15(2)20-12-21-19(11-24(27)30-23(21)9-16(20)3)14-26-13-18-8-6-5-7-17(18)10-22(26)25(28)29-4/h5-9,11-12,15,22H,10,13-14H2,1-4H3/p+1/t22-/m1/s1. The fourth-order valence-corrected chi connectivity index (χ4v) is 4.64. The van der Waals surface area contributed by atoms with Gasteiger partial charge in [-0.25, -0.2) is 9.59 Å². The van der Waals surface area contributed by atoms with E-state index in [0.717, 1.165) is 21.4 Å². The average Bonchev–Trinajstić information content (AvgIpc) is 2.71. The van der Waals surface area contributed by atoms with Crippen molar-refractivity contribution in [2.45, 2.75) is 52.2 Å². The fourth-order valence-electron chi connectivity index (χ4n) is 4.64. The molecule has 2 heterocycles. The van der Waals surface area contributed by atoms with Crippen molar-refractivity contribution < 1.29 is 18.8 Å². The van der Waals surface area contributed by atoms with Crippen LogP contribution in [0.2, 0.25) is 0 Å². The number of quaternary nitrogens is 1. The van der Waals surface area contributed by atoms with Gasteiger partial charge in [0.25, 0.3) is 0 Å². The molecular formula is C25H28NO4+. The minimum Gasteiger partial charge on any atom is -0.465 e. The molecule has 1 unspecified atom stereocenters. The minimum absolute atomic E-state index is 0.217. The molecule has 0 saturated carbocycles. The summed E-state index contributed by atoms with van der Waals surface area (Å²) in [5.74, 6) is 0.150. The molecule has 2 atom stereocenters. The van der Waals surface area contributed by atoms with E-state index in [-0.39, 0.29) is 17.6 Å². The number of nitrogens with one attached hydrogen (secondary N) is 1. The van der Waals surface area contributed by atoms with Gasteiger partial charge in [-0.15, -0.1) is 0 Å². The van der Waals surface area contributed by atoms with Crippen molar-refractivity contribution in [3.05, 3.63) is 80.7 Å². The normalized spacial score (nSPS) is 18.4. The second kappa shape index (κ2) is 8.07. The quantitative estimate of drug-likeness (QED) is 0.535. The molecule has 1 N–H and O–H groups in total. The zero-order valence-electron chi connectivity index (χ0n) is 18.0. The van der Waals surface area contributed by atoms with Crippen molar-refractivity contribution in [2.75, 3.05) is 7.11 Å².